The molecule has 0 aliphatic carbocycles. The molecule has 1 fully saturated rings. The van der Waals surface area contributed by atoms with Crippen molar-refractivity contribution in [3.8, 4) is 5.75 Å². The van der Waals surface area contributed by atoms with E-state index in [1.54, 1.807) is 18.2 Å². The van der Waals surface area contributed by atoms with Gasteiger partial charge >= 0.3 is 7.12 Å². The van der Waals surface area contributed by atoms with Crippen LogP contribution >= 0.6 is 0 Å². The Labute approximate surface area is 165 Å². The van der Waals surface area contributed by atoms with Gasteiger partial charge in [-0.1, -0.05) is 36.4 Å². The second-order valence-corrected chi connectivity index (χ2v) is 7.81. The molecule has 2 aromatic rings. The van der Waals surface area contributed by atoms with Crippen molar-refractivity contribution in [2.24, 2.45) is 0 Å². The summed E-state index contributed by atoms with van der Waals surface area (Å²) in [6.07, 6.45) is 0.172. The average Bonchev–Trinajstić information content (AvgIpc) is 2.87. The fourth-order valence-corrected chi connectivity index (χ4v) is 2.97. The number of ether oxygens (including phenoxy) is 1. The van der Waals surface area contributed by atoms with Crippen LogP contribution in [0.4, 0.5) is 8.78 Å². The second kappa shape index (κ2) is 8.06. The molecule has 3 nitrogen and oxygen atoms in total. The highest BCUT2D eigenvalue weighted by atomic mass is 19.1. The van der Waals surface area contributed by atoms with Gasteiger partial charge < -0.3 is 14.0 Å². The summed E-state index contributed by atoms with van der Waals surface area (Å²) in [6.45, 7) is 7.59. The highest BCUT2D eigenvalue weighted by Crippen LogP contribution is 2.40. The zero-order valence-electron chi connectivity index (χ0n) is 16.7. The Hall–Kier alpha value is -2.18. The smallest absolute Gasteiger partial charge is 0.493 e. The molecule has 6 heteroatoms. The van der Waals surface area contributed by atoms with Crippen LogP contribution in [0.2, 0.25) is 0 Å². The van der Waals surface area contributed by atoms with Crippen molar-refractivity contribution in [1.29, 1.82) is 0 Å². The third-order valence-corrected chi connectivity index (χ3v) is 5.31. The quantitative estimate of drug-likeness (QED) is 0.605. The summed E-state index contributed by atoms with van der Waals surface area (Å²) in [5.74, 6) is 0.176. The third-order valence-electron chi connectivity index (χ3n) is 5.31. The molecule has 28 heavy (non-hydrogen) atoms. The summed E-state index contributed by atoms with van der Waals surface area (Å²) in [5, 5.41) is 0. The molecule has 3 rings (SSSR count). The minimum atomic E-state index is -1.18. The van der Waals surface area contributed by atoms with Crippen molar-refractivity contribution in [3.05, 3.63) is 71.7 Å². The lowest BCUT2D eigenvalue weighted by molar-refractivity contribution is 0.00578. The van der Waals surface area contributed by atoms with E-state index in [2.05, 4.69) is 0 Å². The number of para-hydroxylation sites is 1. The molecule has 0 atom stereocenters. The lowest BCUT2D eigenvalue weighted by Gasteiger charge is -2.32. The predicted molar refractivity (Wildman–Crippen MR) is 107 cm³/mol. The van der Waals surface area contributed by atoms with Gasteiger partial charge in [0.1, 0.15) is 17.3 Å². The largest absolute Gasteiger partial charge is 0.525 e. The molecule has 0 N–H and O–H groups in total. The summed E-state index contributed by atoms with van der Waals surface area (Å²) in [7, 11) is -1.18. The fourth-order valence-electron chi connectivity index (χ4n) is 2.97. The van der Waals surface area contributed by atoms with Crippen molar-refractivity contribution >= 4 is 12.7 Å². The third kappa shape index (κ3) is 4.28. The fraction of sp³-hybridized carbons (Fsp3) is 0.364. The molecule has 0 unspecified atom stereocenters. The maximum Gasteiger partial charge on any atom is 0.525 e. The van der Waals surface area contributed by atoms with Gasteiger partial charge in [0.05, 0.1) is 17.8 Å². The Morgan fingerprint density at radius 1 is 0.929 bits per heavy atom. The van der Waals surface area contributed by atoms with Gasteiger partial charge in [-0.2, -0.15) is 0 Å². The van der Waals surface area contributed by atoms with Gasteiger partial charge in [0.2, 0.25) is 0 Å². The van der Waals surface area contributed by atoms with Crippen molar-refractivity contribution in [3.63, 3.8) is 0 Å². The molecule has 0 bridgehead atoms. The van der Waals surface area contributed by atoms with Gasteiger partial charge in [0.15, 0.2) is 0 Å². The maximum atomic E-state index is 15.5. The lowest BCUT2D eigenvalue weighted by atomic mass is 9.81. The molecule has 0 radical (unpaired) electrons. The molecule has 1 aliphatic rings. The van der Waals surface area contributed by atoms with Crippen LogP contribution in [0.1, 0.15) is 39.7 Å². The van der Waals surface area contributed by atoms with E-state index in [-0.39, 0.29) is 24.2 Å². The monoisotopic (exact) mass is 386 g/mol. The van der Waals surface area contributed by atoms with E-state index in [0.717, 1.165) is 0 Å². The zero-order chi connectivity index (χ0) is 20.4. The van der Waals surface area contributed by atoms with Crippen LogP contribution in [0.3, 0.4) is 0 Å². The van der Waals surface area contributed by atoms with Gasteiger partial charge in [-0.15, -0.1) is 0 Å². The maximum absolute atomic E-state index is 15.5. The minimum absolute atomic E-state index is 0.172. The number of benzene rings is 2. The second-order valence-electron chi connectivity index (χ2n) is 7.81. The van der Waals surface area contributed by atoms with E-state index in [9.17, 15) is 4.39 Å². The van der Waals surface area contributed by atoms with Crippen LogP contribution < -0.4 is 4.74 Å². The molecular weight excluding hydrogens is 361 g/mol. The Balaban J connectivity index is 1.88. The predicted octanol–water partition coefficient (Wildman–Crippen LogP) is 5.61. The van der Waals surface area contributed by atoms with Crippen LogP contribution in [0.5, 0.6) is 5.75 Å². The van der Waals surface area contributed by atoms with Crippen molar-refractivity contribution < 1.29 is 22.8 Å². The normalized spacial score (nSPS) is 18.7. The first-order valence-corrected chi connectivity index (χ1v) is 9.38. The van der Waals surface area contributed by atoms with Gasteiger partial charge in [0, 0.05) is 12.0 Å². The molecule has 0 aromatic heterocycles. The standard InChI is InChI=1S/C22H25BF2O3/c1-21(2)22(3,4)28-23(27-21)20(25)18(17-12-8-9-13-19(17)24)14-15-26-16-10-6-5-7-11-16/h5-13H,14-15H2,1-4H3. The van der Waals surface area contributed by atoms with E-state index in [1.807, 2.05) is 58.0 Å². The Bertz CT molecular complexity index is 834. The van der Waals surface area contributed by atoms with Crippen molar-refractivity contribution in [2.45, 2.75) is 45.3 Å². The van der Waals surface area contributed by atoms with Gasteiger partial charge in [0.25, 0.3) is 0 Å². The molecule has 1 aliphatic heterocycles. The average molecular weight is 386 g/mol. The van der Waals surface area contributed by atoms with E-state index in [1.165, 1.54) is 6.07 Å². The van der Waals surface area contributed by atoms with Crippen LogP contribution in [-0.4, -0.2) is 24.9 Å². The minimum Gasteiger partial charge on any atom is -0.493 e. The van der Waals surface area contributed by atoms with Gasteiger partial charge in [-0.05, 0) is 51.5 Å². The molecule has 1 heterocycles. The Morgan fingerprint density at radius 3 is 2.11 bits per heavy atom. The van der Waals surface area contributed by atoms with Crippen LogP contribution in [-0.2, 0) is 9.31 Å². The Kier molecular flexibility index (Phi) is 5.91. The van der Waals surface area contributed by atoms with Crippen molar-refractivity contribution in [1.82, 2.24) is 0 Å². The first-order chi connectivity index (χ1) is 13.2. The van der Waals surface area contributed by atoms with E-state index >= 15 is 4.39 Å². The molecule has 0 saturated carbocycles. The number of hydrogen-bond donors (Lipinski definition) is 0. The molecule has 2 aromatic carbocycles. The van der Waals surface area contributed by atoms with E-state index < -0.39 is 29.9 Å². The highest BCUT2D eigenvalue weighted by Gasteiger charge is 2.53. The molecular formula is C22H25BF2O3. The lowest BCUT2D eigenvalue weighted by Crippen LogP contribution is -2.41. The van der Waals surface area contributed by atoms with E-state index in [4.69, 9.17) is 14.0 Å². The van der Waals surface area contributed by atoms with Crippen LogP contribution in [0.15, 0.2) is 60.3 Å². The zero-order valence-corrected chi connectivity index (χ0v) is 16.7. The summed E-state index contributed by atoms with van der Waals surface area (Å²) < 4.78 is 47.2. The first-order valence-electron chi connectivity index (χ1n) is 9.38. The van der Waals surface area contributed by atoms with Crippen LogP contribution in [0, 0.1) is 5.82 Å². The summed E-state index contributed by atoms with van der Waals surface area (Å²) in [6, 6.07) is 15.3. The summed E-state index contributed by atoms with van der Waals surface area (Å²) in [4.78, 5) is 0. The van der Waals surface area contributed by atoms with Crippen molar-refractivity contribution in [2.75, 3.05) is 6.61 Å². The van der Waals surface area contributed by atoms with Crippen LogP contribution in [0.25, 0.3) is 5.57 Å². The number of halogens is 2. The Morgan fingerprint density at radius 2 is 1.50 bits per heavy atom. The van der Waals surface area contributed by atoms with E-state index in [0.29, 0.717) is 5.75 Å². The van der Waals surface area contributed by atoms with Gasteiger partial charge in [-0.3, -0.25) is 0 Å². The number of hydrogen-bond acceptors (Lipinski definition) is 3. The molecule has 0 spiro atoms. The van der Waals surface area contributed by atoms with Gasteiger partial charge in [-0.25, -0.2) is 8.78 Å². The summed E-state index contributed by atoms with van der Waals surface area (Å²) in [5.41, 5.74) is -1.62. The summed E-state index contributed by atoms with van der Waals surface area (Å²) >= 11 is 0. The first kappa shape index (κ1) is 20.6. The molecule has 148 valence electrons. The SMILES string of the molecule is CC1(C)OB(C(F)=C(CCOc2ccccc2)c2ccccc2F)OC1(C)C. The molecule has 0 amide bonds. The molecule has 1 saturated heterocycles. The highest BCUT2D eigenvalue weighted by molar-refractivity contribution is 6.55. The topological polar surface area (TPSA) is 27.7 Å². The number of rotatable bonds is 6.